The van der Waals surface area contributed by atoms with E-state index in [0.717, 1.165) is 23.1 Å². The Balaban J connectivity index is 1.51. The highest BCUT2D eigenvalue weighted by Gasteiger charge is 2.31. The number of nitrogens with zero attached hydrogens (tertiary/aromatic N) is 2. The molecule has 6 heteroatoms. The summed E-state index contributed by atoms with van der Waals surface area (Å²) >= 11 is 0. The van der Waals surface area contributed by atoms with Crippen LogP contribution >= 0.6 is 0 Å². The second-order valence-electron chi connectivity index (χ2n) is 5.62. The molecule has 6 nitrogen and oxygen atoms in total. The van der Waals surface area contributed by atoms with Gasteiger partial charge in [0.15, 0.2) is 0 Å². The van der Waals surface area contributed by atoms with E-state index in [9.17, 15) is 9.90 Å². The molecule has 2 amide bonds. The number of aliphatic hydroxyl groups excluding tert-OH is 1. The van der Waals surface area contributed by atoms with Crippen molar-refractivity contribution >= 4 is 6.03 Å². The lowest BCUT2D eigenvalue weighted by atomic mass is 10.1. The lowest BCUT2D eigenvalue weighted by molar-refractivity contribution is 0.142. The molecule has 1 aromatic heterocycles. The quantitative estimate of drug-likeness (QED) is 0.785. The van der Waals surface area contributed by atoms with Crippen molar-refractivity contribution in [1.29, 1.82) is 0 Å². The van der Waals surface area contributed by atoms with Gasteiger partial charge in [-0.3, -0.25) is 4.68 Å². The zero-order valence-electron chi connectivity index (χ0n) is 12.5. The van der Waals surface area contributed by atoms with Crippen molar-refractivity contribution in [3.63, 3.8) is 0 Å². The summed E-state index contributed by atoms with van der Waals surface area (Å²) in [7, 11) is 1.86. The van der Waals surface area contributed by atoms with Crippen LogP contribution < -0.4 is 10.6 Å². The van der Waals surface area contributed by atoms with Crippen LogP contribution in [-0.2, 0) is 19.9 Å². The van der Waals surface area contributed by atoms with Crippen molar-refractivity contribution in [2.75, 3.05) is 6.54 Å². The molecule has 1 aliphatic rings. The summed E-state index contributed by atoms with van der Waals surface area (Å²) in [6, 6.07) is 7.21. The maximum Gasteiger partial charge on any atom is 0.315 e. The summed E-state index contributed by atoms with van der Waals surface area (Å²) in [6.07, 6.45) is 4.45. The lowest BCUT2D eigenvalue weighted by Crippen LogP contribution is -2.41. The smallest absolute Gasteiger partial charge is 0.315 e. The average Bonchev–Trinajstić information content (AvgIpc) is 3.03. The molecule has 0 bridgehead atoms. The minimum Gasteiger partial charge on any atom is -0.390 e. The minimum absolute atomic E-state index is 0.260. The van der Waals surface area contributed by atoms with Gasteiger partial charge in [0.05, 0.1) is 18.3 Å². The highest BCUT2D eigenvalue weighted by Crippen LogP contribution is 2.30. The summed E-state index contributed by atoms with van der Waals surface area (Å²) in [5.41, 5.74) is 3.17. The minimum atomic E-state index is -0.568. The van der Waals surface area contributed by atoms with Gasteiger partial charge in [0.1, 0.15) is 0 Å². The largest absolute Gasteiger partial charge is 0.390 e. The maximum absolute atomic E-state index is 12.0. The molecule has 1 aliphatic carbocycles. The summed E-state index contributed by atoms with van der Waals surface area (Å²) < 4.78 is 1.74. The molecule has 0 saturated heterocycles. The third-order valence-electron chi connectivity index (χ3n) is 3.95. The highest BCUT2D eigenvalue weighted by atomic mass is 16.3. The predicted octanol–water partition coefficient (Wildman–Crippen LogP) is 0.920. The number of nitrogens with one attached hydrogen (secondary N) is 2. The molecule has 1 heterocycles. The van der Waals surface area contributed by atoms with E-state index in [2.05, 4.69) is 15.7 Å². The topological polar surface area (TPSA) is 79.2 Å². The fourth-order valence-corrected chi connectivity index (χ4v) is 2.86. The average molecular weight is 300 g/mol. The fraction of sp³-hybridized carbons (Fsp3) is 0.375. The zero-order chi connectivity index (χ0) is 15.5. The van der Waals surface area contributed by atoms with Gasteiger partial charge in [-0.05, 0) is 23.1 Å². The van der Waals surface area contributed by atoms with E-state index in [0.29, 0.717) is 13.0 Å². The van der Waals surface area contributed by atoms with Crippen LogP contribution in [0.4, 0.5) is 4.79 Å². The van der Waals surface area contributed by atoms with E-state index >= 15 is 0 Å². The zero-order valence-corrected chi connectivity index (χ0v) is 12.5. The summed E-state index contributed by atoms with van der Waals surface area (Å²) in [6.45, 7) is 0.530. The maximum atomic E-state index is 12.0. The van der Waals surface area contributed by atoms with E-state index in [1.165, 1.54) is 0 Å². The van der Waals surface area contributed by atoms with E-state index in [-0.39, 0.29) is 12.1 Å². The number of hydrogen-bond acceptors (Lipinski definition) is 3. The van der Waals surface area contributed by atoms with Crippen molar-refractivity contribution < 1.29 is 9.90 Å². The number of aryl methyl sites for hydroxylation is 1. The van der Waals surface area contributed by atoms with Crippen LogP contribution in [0.5, 0.6) is 0 Å². The van der Waals surface area contributed by atoms with Gasteiger partial charge < -0.3 is 15.7 Å². The van der Waals surface area contributed by atoms with Gasteiger partial charge in [-0.15, -0.1) is 0 Å². The van der Waals surface area contributed by atoms with Gasteiger partial charge in [-0.1, -0.05) is 24.3 Å². The molecule has 0 aliphatic heterocycles. The Morgan fingerprint density at radius 1 is 1.45 bits per heavy atom. The van der Waals surface area contributed by atoms with Gasteiger partial charge in [0.2, 0.25) is 0 Å². The first kappa shape index (κ1) is 14.6. The van der Waals surface area contributed by atoms with Crippen molar-refractivity contribution in [2.45, 2.75) is 25.0 Å². The van der Waals surface area contributed by atoms with Gasteiger partial charge in [0, 0.05) is 26.2 Å². The van der Waals surface area contributed by atoms with E-state index in [1.54, 1.807) is 10.9 Å². The summed E-state index contributed by atoms with van der Waals surface area (Å²) in [5, 5.41) is 19.9. The molecular weight excluding hydrogens is 280 g/mol. The Morgan fingerprint density at radius 3 is 3.05 bits per heavy atom. The number of amides is 2. The first-order chi connectivity index (χ1) is 10.6. The first-order valence-electron chi connectivity index (χ1n) is 7.41. The van der Waals surface area contributed by atoms with Gasteiger partial charge >= 0.3 is 6.03 Å². The normalized spacial score (nSPS) is 19.7. The number of rotatable bonds is 4. The molecule has 0 fully saturated rings. The molecule has 2 aromatic rings. The number of carbonyl (C=O) groups excluding carboxylic acids is 1. The Morgan fingerprint density at radius 2 is 2.27 bits per heavy atom. The number of carbonyl (C=O) groups is 1. The number of aliphatic hydroxyl groups is 1. The standard InChI is InChI=1S/C16H20N4O2/c1-20-10-11(9-18-20)6-7-17-16(22)19-15-13-5-3-2-4-12(13)8-14(15)21/h2-5,9-10,14-15,21H,6-8H2,1H3,(H2,17,19,22)/t14-,15+/m1/s1. The number of aromatic nitrogens is 2. The van der Waals surface area contributed by atoms with Crippen molar-refractivity contribution in [2.24, 2.45) is 7.05 Å². The predicted molar refractivity (Wildman–Crippen MR) is 82.3 cm³/mol. The fourth-order valence-electron chi connectivity index (χ4n) is 2.86. The van der Waals surface area contributed by atoms with Crippen LogP contribution in [0.1, 0.15) is 22.7 Å². The molecule has 1 aromatic carbocycles. The third kappa shape index (κ3) is 3.12. The van der Waals surface area contributed by atoms with Crippen LogP contribution in [0.15, 0.2) is 36.7 Å². The lowest BCUT2D eigenvalue weighted by Gasteiger charge is -2.18. The van der Waals surface area contributed by atoms with E-state index in [4.69, 9.17) is 0 Å². The Hall–Kier alpha value is -2.34. The van der Waals surface area contributed by atoms with Gasteiger partial charge in [-0.25, -0.2) is 4.79 Å². The molecule has 0 unspecified atom stereocenters. The van der Waals surface area contributed by atoms with Gasteiger partial charge in [0.25, 0.3) is 0 Å². The van der Waals surface area contributed by atoms with E-state index in [1.807, 2.05) is 37.5 Å². The van der Waals surface area contributed by atoms with Crippen LogP contribution in [0.3, 0.4) is 0 Å². The van der Waals surface area contributed by atoms with Gasteiger partial charge in [-0.2, -0.15) is 5.10 Å². The number of benzene rings is 1. The Kier molecular flexibility index (Phi) is 4.11. The summed E-state index contributed by atoms with van der Waals surface area (Å²) in [4.78, 5) is 12.0. The molecule has 0 spiro atoms. The molecule has 0 saturated carbocycles. The third-order valence-corrected chi connectivity index (χ3v) is 3.95. The Labute approximate surface area is 129 Å². The SMILES string of the molecule is Cn1cc(CCNC(=O)N[C@H]2c3ccccc3C[C@H]2O)cn1. The second kappa shape index (κ2) is 6.19. The van der Waals surface area contributed by atoms with Crippen LogP contribution in [0.2, 0.25) is 0 Å². The monoisotopic (exact) mass is 300 g/mol. The van der Waals surface area contributed by atoms with Crippen LogP contribution in [0.25, 0.3) is 0 Å². The Bertz CT molecular complexity index is 668. The summed E-state index contributed by atoms with van der Waals surface area (Å²) in [5.74, 6) is 0. The molecular formula is C16H20N4O2. The van der Waals surface area contributed by atoms with E-state index < -0.39 is 6.10 Å². The number of urea groups is 1. The molecule has 0 radical (unpaired) electrons. The molecule has 116 valence electrons. The molecule has 22 heavy (non-hydrogen) atoms. The van der Waals surface area contributed by atoms with Crippen LogP contribution in [-0.4, -0.2) is 33.6 Å². The highest BCUT2D eigenvalue weighted by molar-refractivity contribution is 5.74. The first-order valence-corrected chi connectivity index (χ1v) is 7.41. The molecule has 3 N–H and O–H groups in total. The molecule has 2 atom stereocenters. The number of fused-ring (bicyclic) bond motifs is 1. The number of hydrogen-bond donors (Lipinski definition) is 3. The van der Waals surface area contributed by atoms with Crippen LogP contribution in [0, 0.1) is 0 Å². The van der Waals surface area contributed by atoms with Crippen molar-refractivity contribution in [3.05, 3.63) is 53.3 Å². The van der Waals surface area contributed by atoms with Crippen molar-refractivity contribution in [3.8, 4) is 0 Å². The van der Waals surface area contributed by atoms with Crippen molar-refractivity contribution in [1.82, 2.24) is 20.4 Å². The molecule has 3 rings (SSSR count). The second-order valence-corrected chi connectivity index (χ2v) is 5.62.